The summed E-state index contributed by atoms with van der Waals surface area (Å²) < 4.78 is 13.1. The molecule has 2 N–H and O–H groups in total. The molecule has 1 aromatic rings. The molecule has 0 aliphatic carbocycles. The first-order valence-electron chi connectivity index (χ1n) is 7.65. The second kappa shape index (κ2) is 9.99. The molecule has 0 amide bonds. The summed E-state index contributed by atoms with van der Waals surface area (Å²) in [4.78, 5) is 6.69. The van der Waals surface area contributed by atoms with Crippen LogP contribution in [0.2, 0.25) is 0 Å². The van der Waals surface area contributed by atoms with Gasteiger partial charge >= 0.3 is 0 Å². The van der Waals surface area contributed by atoms with Crippen molar-refractivity contribution in [2.24, 2.45) is 4.99 Å². The van der Waals surface area contributed by atoms with Gasteiger partial charge in [-0.25, -0.2) is 4.39 Å². The van der Waals surface area contributed by atoms with Crippen LogP contribution in [0.4, 0.5) is 4.39 Å². The van der Waals surface area contributed by atoms with Crippen LogP contribution in [0, 0.1) is 5.82 Å². The number of rotatable bonds is 5. The van der Waals surface area contributed by atoms with Gasteiger partial charge in [0.2, 0.25) is 0 Å². The number of hydrogen-bond donors (Lipinski definition) is 2. The van der Waals surface area contributed by atoms with E-state index in [-0.39, 0.29) is 35.9 Å². The fourth-order valence-corrected chi connectivity index (χ4v) is 2.52. The number of aryl methyl sites for hydroxylation is 1. The number of benzene rings is 1. The Labute approximate surface area is 148 Å². The van der Waals surface area contributed by atoms with Crippen molar-refractivity contribution in [1.82, 2.24) is 10.2 Å². The smallest absolute Gasteiger partial charge is 0.194 e. The molecule has 1 saturated heterocycles. The number of aliphatic hydroxyl groups excluding tert-OH is 1. The Morgan fingerprint density at radius 1 is 1.50 bits per heavy atom. The second-order valence-electron chi connectivity index (χ2n) is 5.36. The predicted octanol–water partition coefficient (Wildman–Crippen LogP) is 2.41. The molecule has 4 nitrogen and oxygen atoms in total. The molecule has 0 saturated carbocycles. The molecule has 1 heterocycles. The van der Waals surface area contributed by atoms with Crippen molar-refractivity contribution in [2.45, 2.75) is 32.3 Å². The zero-order valence-electron chi connectivity index (χ0n) is 13.0. The molecular formula is C16H25FIN3O. The largest absolute Gasteiger partial charge is 0.391 e. The highest BCUT2D eigenvalue weighted by Gasteiger charge is 2.22. The third-order valence-electron chi connectivity index (χ3n) is 3.57. The van der Waals surface area contributed by atoms with Crippen molar-refractivity contribution in [3.8, 4) is 0 Å². The monoisotopic (exact) mass is 421 g/mol. The lowest BCUT2D eigenvalue weighted by Gasteiger charge is -2.20. The van der Waals surface area contributed by atoms with Crippen molar-refractivity contribution in [3.05, 3.63) is 35.6 Å². The highest BCUT2D eigenvalue weighted by atomic mass is 127. The maximum Gasteiger partial charge on any atom is 0.194 e. The van der Waals surface area contributed by atoms with Crippen molar-refractivity contribution >= 4 is 29.9 Å². The Bertz CT molecular complexity index is 484. The summed E-state index contributed by atoms with van der Waals surface area (Å²) in [5.74, 6) is 0.684. The molecule has 2 rings (SSSR count). The molecule has 1 aliphatic heterocycles. The Morgan fingerprint density at radius 3 is 2.95 bits per heavy atom. The van der Waals surface area contributed by atoms with Gasteiger partial charge in [-0.1, -0.05) is 12.1 Å². The average Bonchev–Trinajstić information content (AvgIpc) is 2.89. The van der Waals surface area contributed by atoms with E-state index in [2.05, 4.69) is 15.2 Å². The number of halogens is 2. The van der Waals surface area contributed by atoms with E-state index in [0.29, 0.717) is 13.1 Å². The summed E-state index contributed by atoms with van der Waals surface area (Å²) in [7, 11) is 0. The van der Waals surface area contributed by atoms with Crippen LogP contribution in [-0.2, 0) is 6.42 Å². The van der Waals surface area contributed by atoms with Gasteiger partial charge < -0.3 is 15.3 Å². The van der Waals surface area contributed by atoms with Crippen LogP contribution in [0.5, 0.6) is 0 Å². The molecule has 0 radical (unpaired) electrons. The first-order chi connectivity index (χ1) is 10.2. The number of guanidine groups is 1. The van der Waals surface area contributed by atoms with E-state index < -0.39 is 0 Å². The summed E-state index contributed by atoms with van der Waals surface area (Å²) in [5, 5.41) is 12.9. The van der Waals surface area contributed by atoms with Crippen LogP contribution in [-0.4, -0.2) is 48.2 Å². The maximum atomic E-state index is 13.1. The fraction of sp³-hybridized carbons (Fsp3) is 0.562. The lowest BCUT2D eigenvalue weighted by atomic mass is 10.1. The van der Waals surface area contributed by atoms with Crippen molar-refractivity contribution < 1.29 is 9.50 Å². The minimum absolute atomic E-state index is 0. The summed E-state index contributed by atoms with van der Waals surface area (Å²) in [6, 6.07) is 6.72. The summed E-state index contributed by atoms with van der Waals surface area (Å²) >= 11 is 0. The van der Waals surface area contributed by atoms with Crippen molar-refractivity contribution in [3.63, 3.8) is 0 Å². The maximum absolute atomic E-state index is 13.1. The molecule has 1 aromatic carbocycles. The number of nitrogens with zero attached hydrogens (tertiary/aromatic N) is 2. The third-order valence-corrected chi connectivity index (χ3v) is 3.57. The van der Waals surface area contributed by atoms with E-state index in [0.717, 1.165) is 43.9 Å². The van der Waals surface area contributed by atoms with Gasteiger partial charge in [0, 0.05) is 26.2 Å². The summed E-state index contributed by atoms with van der Waals surface area (Å²) in [6.07, 6.45) is 2.26. The van der Waals surface area contributed by atoms with E-state index >= 15 is 0 Å². The summed E-state index contributed by atoms with van der Waals surface area (Å²) in [6.45, 7) is 5.04. The van der Waals surface area contributed by atoms with Crippen LogP contribution in [0.25, 0.3) is 0 Å². The van der Waals surface area contributed by atoms with Gasteiger partial charge in [0.05, 0.1) is 6.10 Å². The van der Waals surface area contributed by atoms with Crippen LogP contribution in [0.1, 0.15) is 25.3 Å². The molecule has 0 bridgehead atoms. The minimum Gasteiger partial charge on any atom is -0.391 e. The number of likely N-dealkylation sites (tertiary alicyclic amines) is 1. The zero-order valence-corrected chi connectivity index (χ0v) is 15.3. The first-order valence-corrected chi connectivity index (χ1v) is 7.65. The van der Waals surface area contributed by atoms with Crippen LogP contribution in [0.15, 0.2) is 29.3 Å². The van der Waals surface area contributed by atoms with E-state index in [1.807, 2.05) is 13.0 Å². The van der Waals surface area contributed by atoms with E-state index in [1.165, 1.54) is 6.07 Å². The van der Waals surface area contributed by atoms with Gasteiger partial charge in [-0.2, -0.15) is 0 Å². The average molecular weight is 421 g/mol. The van der Waals surface area contributed by atoms with Crippen LogP contribution < -0.4 is 5.32 Å². The van der Waals surface area contributed by atoms with Crippen LogP contribution in [0.3, 0.4) is 0 Å². The molecule has 22 heavy (non-hydrogen) atoms. The lowest BCUT2D eigenvalue weighted by molar-refractivity contribution is 0.188. The van der Waals surface area contributed by atoms with Gasteiger partial charge in [0.15, 0.2) is 5.96 Å². The number of aliphatic hydroxyl groups is 1. The zero-order chi connectivity index (χ0) is 15.1. The van der Waals surface area contributed by atoms with E-state index in [9.17, 15) is 9.50 Å². The van der Waals surface area contributed by atoms with E-state index in [4.69, 9.17) is 0 Å². The Morgan fingerprint density at radius 2 is 2.32 bits per heavy atom. The SMILES string of the molecule is CCNC(=NCCCc1cccc(F)c1)N1CC[C@@H](O)C1.I. The molecule has 6 heteroatoms. The number of β-amino-alcohol motifs (C(OH)–C–C–N with tert-alkyl or cyclic N) is 1. The normalized spacial score (nSPS) is 18.2. The molecule has 0 unspecified atom stereocenters. The van der Waals surface area contributed by atoms with Gasteiger partial charge in [-0.3, -0.25) is 4.99 Å². The number of nitrogens with one attached hydrogen (secondary N) is 1. The quantitative estimate of drug-likeness (QED) is 0.332. The Kier molecular flexibility index (Phi) is 8.70. The van der Waals surface area contributed by atoms with Gasteiger partial charge in [0.25, 0.3) is 0 Å². The first kappa shape index (κ1) is 19.2. The van der Waals surface area contributed by atoms with Gasteiger partial charge in [0.1, 0.15) is 5.82 Å². The van der Waals surface area contributed by atoms with Crippen molar-refractivity contribution in [1.29, 1.82) is 0 Å². The Balaban J connectivity index is 0.00000242. The number of hydrogen-bond acceptors (Lipinski definition) is 2. The summed E-state index contributed by atoms with van der Waals surface area (Å²) in [5.41, 5.74) is 1.01. The molecule has 1 fully saturated rings. The fourth-order valence-electron chi connectivity index (χ4n) is 2.52. The molecule has 0 spiro atoms. The topological polar surface area (TPSA) is 47.9 Å². The van der Waals surface area contributed by atoms with Gasteiger partial charge in [-0.15, -0.1) is 24.0 Å². The van der Waals surface area contributed by atoms with Crippen molar-refractivity contribution in [2.75, 3.05) is 26.2 Å². The standard InChI is InChI=1S/C16H24FN3O.HI/c1-2-18-16(20-10-8-15(21)12-20)19-9-4-6-13-5-3-7-14(17)11-13;/h3,5,7,11,15,21H,2,4,6,8-10,12H2,1H3,(H,18,19);1H/t15-;/m1./s1. The number of aliphatic imine (C=N–C) groups is 1. The molecule has 1 atom stereocenters. The second-order valence-corrected chi connectivity index (χ2v) is 5.36. The predicted molar refractivity (Wildman–Crippen MR) is 98.3 cm³/mol. The molecule has 0 aromatic heterocycles. The Hall–Kier alpha value is -0.890. The van der Waals surface area contributed by atoms with E-state index in [1.54, 1.807) is 12.1 Å². The highest BCUT2D eigenvalue weighted by Crippen LogP contribution is 2.09. The molecular weight excluding hydrogens is 396 g/mol. The third kappa shape index (κ3) is 6.08. The lowest BCUT2D eigenvalue weighted by Crippen LogP contribution is -2.40. The van der Waals surface area contributed by atoms with Gasteiger partial charge in [-0.05, 0) is 43.9 Å². The van der Waals surface area contributed by atoms with Crippen LogP contribution >= 0.6 is 24.0 Å². The molecule has 124 valence electrons. The molecule has 1 aliphatic rings. The highest BCUT2D eigenvalue weighted by molar-refractivity contribution is 14.0. The minimum atomic E-state index is -0.249.